The minimum atomic E-state index is -0.202. The number of nitrogens with one attached hydrogen (secondary N) is 1. The van der Waals surface area contributed by atoms with E-state index in [-0.39, 0.29) is 5.91 Å². The zero-order valence-corrected chi connectivity index (χ0v) is 12.3. The van der Waals surface area contributed by atoms with Crippen molar-refractivity contribution in [1.82, 2.24) is 10.3 Å². The van der Waals surface area contributed by atoms with E-state index in [0.29, 0.717) is 12.3 Å². The van der Waals surface area contributed by atoms with Crippen LogP contribution in [0.4, 0.5) is 0 Å². The number of carbonyl (C=O) groups excluding carboxylic acids is 1. The van der Waals surface area contributed by atoms with E-state index in [0.717, 1.165) is 22.6 Å². The molecule has 0 bridgehead atoms. The molecule has 21 heavy (non-hydrogen) atoms. The Bertz CT molecular complexity index is 646. The number of hydrogen-bond acceptors (Lipinski definition) is 4. The molecule has 0 aliphatic carbocycles. The Kier molecular flexibility index (Phi) is 4.77. The Hall–Kier alpha value is -2.56. The van der Waals surface area contributed by atoms with Gasteiger partial charge < -0.3 is 14.5 Å². The highest BCUT2D eigenvalue weighted by molar-refractivity contribution is 5.91. The zero-order valence-electron chi connectivity index (χ0n) is 12.3. The molecule has 5 heteroatoms. The molecule has 0 saturated carbocycles. The summed E-state index contributed by atoms with van der Waals surface area (Å²) in [4.78, 5) is 16.1. The minimum Gasteiger partial charge on any atom is -0.496 e. The van der Waals surface area contributed by atoms with Crippen molar-refractivity contribution in [3.63, 3.8) is 0 Å². The highest BCUT2D eigenvalue weighted by Gasteiger charge is 2.09. The van der Waals surface area contributed by atoms with Gasteiger partial charge in [-0.15, -0.1) is 0 Å². The molecule has 110 valence electrons. The van der Waals surface area contributed by atoms with Crippen molar-refractivity contribution in [2.75, 3.05) is 7.11 Å². The van der Waals surface area contributed by atoms with Crippen LogP contribution < -0.4 is 10.1 Å². The summed E-state index contributed by atoms with van der Waals surface area (Å²) >= 11 is 0. The molecule has 2 aromatic rings. The number of furan rings is 1. The van der Waals surface area contributed by atoms with E-state index >= 15 is 0 Å². The monoisotopic (exact) mass is 286 g/mol. The van der Waals surface area contributed by atoms with Crippen molar-refractivity contribution < 1.29 is 13.9 Å². The lowest BCUT2D eigenvalue weighted by Gasteiger charge is -2.12. The third-order valence-electron chi connectivity index (χ3n) is 3.12. The Morgan fingerprint density at radius 3 is 2.95 bits per heavy atom. The first-order valence-corrected chi connectivity index (χ1v) is 6.60. The summed E-state index contributed by atoms with van der Waals surface area (Å²) < 4.78 is 10.5. The molecule has 0 unspecified atom stereocenters. The molecule has 1 N–H and O–H groups in total. The molecule has 2 aromatic heterocycles. The maximum Gasteiger partial charge on any atom is 0.244 e. The third kappa shape index (κ3) is 3.72. The van der Waals surface area contributed by atoms with Crippen molar-refractivity contribution in [1.29, 1.82) is 0 Å². The fourth-order valence-corrected chi connectivity index (χ4v) is 2.02. The number of amides is 1. The average molecular weight is 286 g/mol. The smallest absolute Gasteiger partial charge is 0.244 e. The first kappa shape index (κ1) is 14.8. The van der Waals surface area contributed by atoms with Gasteiger partial charge in [0.2, 0.25) is 5.91 Å². The summed E-state index contributed by atoms with van der Waals surface area (Å²) in [5.41, 5.74) is 2.70. The lowest BCUT2D eigenvalue weighted by atomic mass is 10.1. The Morgan fingerprint density at radius 2 is 2.29 bits per heavy atom. The minimum absolute atomic E-state index is 0.202. The number of ether oxygens (including phenoxy) is 1. The fourth-order valence-electron chi connectivity index (χ4n) is 2.02. The molecule has 5 nitrogen and oxygen atoms in total. The third-order valence-corrected chi connectivity index (χ3v) is 3.12. The maximum atomic E-state index is 11.7. The second kappa shape index (κ2) is 6.74. The van der Waals surface area contributed by atoms with Gasteiger partial charge in [-0.3, -0.25) is 9.78 Å². The van der Waals surface area contributed by atoms with Crippen molar-refractivity contribution in [3.8, 4) is 5.75 Å². The van der Waals surface area contributed by atoms with E-state index in [2.05, 4.69) is 10.3 Å². The number of carbonyl (C=O) groups is 1. The van der Waals surface area contributed by atoms with Gasteiger partial charge in [-0.1, -0.05) is 0 Å². The Morgan fingerprint density at radius 1 is 1.48 bits per heavy atom. The molecule has 0 saturated heterocycles. The summed E-state index contributed by atoms with van der Waals surface area (Å²) in [6, 6.07) is 3.55. The molecule has 0 aromatic carbocycles. The van der Waals surface area contributed by atoms with Crippen LogP contribution in [0.25, 0.3) is 6.08 Å². The van der Waals surface area contributed by atoms with Crippen molar-refractivity contribution >= 4 is 12.0 Å². The molecule has 0 fully saturated rings. The second-order valence-corrected chi connectivity index (χ2v) is 4.61. The van der Waals surface area contributed by atoms with Crippen LogP contribution in [0.15, 0.2) is 35.1 Å². The van der Waals surface area contributed by atoms with Crippen LogP contribution in [0.2, 0.25) is 0 Å². The highest BCUT2D eigenvalue weighted by atomic mass is 16.5. The van der Waals surface area contributed by atoms with Gasteiger partial charge in [0.15, 0.2) is 0 Å². The predicted molar refractivity (Wildman–Crippen MR) is 79.9 cm³/mol. The molecule has 0 atom stereocenters. The summed E-state index contributed by atoms with van der Waals surface area (Å²) in [7, 11) is 1.63. The van der Waals surface area contributed by atoms with Crippen LogP contribution in [0.3, 0.4) is 0 Å². The van der Waals surface area contributed by atoms with Crippen LogP contribution >= 0.6 is 0 Å². The number of nitrogens with zero attached hydrogens (tertiary/aromatic N) is 1. The number of pyridine rings is 1. The first-order chi connectivity index (χ1) is 10.1. The topological polar surface area (TPSA) is 64.4 Å². The molecule has 1 amide bonds. The van der Waals surface area contributed by atoms with E-state index in [9.17, 15) is 4.79 Å². The lowest BCUT2D eigenvalue weighted by Crippen LogP contribution is -2.21. The molecule has 2 heterocycles. The normalized spacial score (nSPS) is 10.8. The SMILES string of the molecule is COc1c(C)cnc(CNC(=O)/C=C\c2ccco2)c1C. The van der Waals surface area contributed by atoms with Gasteiger partial charge in [0.05, 0.1) is 25.6 Å². The first-order valence-electron chi connectivity index (χ1n) is 6.60. The van der Waals surface area contributed by atoms with E-state index < -0.39 is 0 Å². The number of hydrogen-bond donors (Lipinski definition) is 1. The van der Waals surface area contributed by atoms with Crippen molar-refractivity contribution in [2.24, 2.45) is 0 Å². The van der Waals surface area contributed by atoms with Crippen LogP contribution in [0.5, 0.6) is 5.75 Å². The summed E-state index contributed by atoms with van der Waals surface area (Å²) in [6.07, 6.45) is 6.35. The number of methoxy groups -OCH3 is 1. The molecule has 0 aliphatic rings. The van der Waals surface area contributed by atoms with Crippen LogP contribution in [0.1, 0.15) is 22.6 Å². The second-order valence-electron chi connectivity index (χ2n) is 4.61. The molecule has 0 aliphatic heterocycles. The Balaban J connectivity index is 1.98. The van der Waals surface area contributed by atoms with E-state index in [1.807, 2.05) is 13.8 Å². The summed E-state index contributed by atoms with van der Waals surface area (Å²) in [6.45, 7) is 4.22. The lowest BCUT2D eigenvalue weighted by molar-refractivity contribution is -0.116. The average Bonchev–Trinajstić information content (AvgIpc) is 2.98. The van der Waals surface area contributed by atoms with Gasteiger partial charge in [0.25, 0.3) is 0 Å². The van der Waals surface area contributed by atoms with E-state index in [1.54, 1.807) is 37.8 Å². The quantitative estimate of drug-likeness (QED) is 0.858. The zero-order chi connectivity index (χ0) is 15.2. The molecule has 2 rings (SSSR count). The van der Waals surface area contributed by atoms with Gasteiger partial charge in [-0.25, -0.2) is 0 Å². The Labute approximate surface area is 123 Å². The predicted octanol–water partition coefficient (Wildman–Crippen LogP) is 2.63. The van der Waals surface area contributed by atoms with E-state index in [4.69, 9.17) is 9.15 Å². The maximum absolute atomic E-state index is 11.7. The molecule has 0 spiro atoms. The number of rotatable bonds is 5. The van der Waals surface area contributed by atoms with Gasteiger partial charge >= 0.3 is 0 Å². The summed E-state index contributed by atoms with van der Waals surface area (Å²) in [5, 5.41) is 2.79. The number of aryl methyl sites for hydroxylation is 1. The molecular formula is C16H18N2O3. The standard InChI is InChI=1S/C16H18N2O3/c1-11-9-17-14(12(2)16(11)20-3)10-18-15(19)7-6-13-5-4-8-21-13/h4-9H,10H2,1-3H3,(H,18,19)/b7-6-. The number of aromatic nitrogens is 1. The fraction of sp³-hybridized carbons (Fsp3) is 0.250. The van der Waals surface area contributed by atoms with Crippen LogP contribution in [-0.4, -0.2) is 18.0 Å². The van der Waals surface area contributed by atoms with E-state index in [1.165, 1.54) is 6.08 Å². The van der Waals surface area contributed by atoms with Gasteiger partial charge in [-0.05, 0) is 32.1 Å². The molecule has 0 radical (unpaired) electrons. The van der Waals surface area contributed by atoms with Gasteiger partial charge in [-0.2, -0.15) is 0 Å². The van der Waals surface area contributed by atoms with Gasteiger partial charge in [0, 0.05) is 23.4 Å². The van der Waals surface area contributed by atoms with Crippen molar-refractivity contribution in [2.45, 2.75) is 20.4 Å². The van der Waals surface area contributed by atoms with Crippen LogP contribution in [0, 0.1) is 13.8 Å². The summed E-state index contributed by atoms with van der Waals surface area (Å²) in [5.74, 6) is 1.24. The van der Waals surface area contributed by atoms with Crippen molar-refractivity contribution in [3.05, 3.63) is 53.2 Å². The van der Waals surface area contributed by atoms with Gasteiger partial charge in [0.1, 0.15) is 11.5 Å². The largest absolute Gasteiger partial charge is 0.496 e. The molecular weight excluding hydrogens is 268 g/mol. The highest BCUT2D eigenvalue weighted by Crippen LogP contribution is 2.23. The van der Waals surface area contributed by atoms with Crippen LogP contribution in [-0.2, 0) is 11.3 Å².